The molecule has 1 rings (SSSR count). The number of imidazole rings is 1. The molecule has 0 saturated heterocycles. The molecular formula is C7H13N2O+. The Labute approximate surface area is 60.5 Å². The maximum atomic E-state index is 8.77. The van der Waals surface area contributed by atoms with Crippen LogP contribution in [-0.2, 0) is 7.05 Å². The van der Waals surface area contributed by atoms with Gasteiger partial charge in [-0.2, -0.15) is 0 Å². The first-order valence-electron chi connectivity index (χ1n) is 3.37. The van der Waals surface area contributed by atoms with Crippen LogP contribution in [0.2, 0.25) is 0 Å². The highest BCUT2D eigenvalue weighted by Gasteiger charge is 2.07. The molecule has 1 aromatic heterocycles. The van der Waals surface area contributed by atoms with Crippen molar-refractivity contribution in [2.24, 2.45) is 7.05 Å². The van der Waals surface area contributed by atoms with Gasteiger partial charge in [0.15, 0.2) is 0 Å². The molecule has 0 aromatic carbocycles. The van der Waals surface area contributed by atoms with Gasteiger partial charge in [0.05, 0.1) is 13.7 Å². The monoisotopic (exact) mass is 141 g/mol. The molecule has 0 aliphatic heterocycles. The number of aryl methyl sites for hydroxylation is 1. The van der Waals surface area contributed by atoms with E-state index in [2.05, 4.69) is 0 Å². The fourth-order valence-corrected chi connectivity index (χ4v) is 0.824. The van der Waals surface area contributed by atoms with E-state index in [1.165, 1.54) is 0 Å². The third-order valence-corrected chi connectivity index (χ3v) is 1.56. The van der Waals surface area contributed by atoms with Gasteiger partial charge in [0, 0.05) is 0 Å². The van der Waals surface area contributed by atoms with E-state index in [0.717, 1.165) is 0 Å². The Balaban J connectivity index is 2.74. The maximum Gasteiger partial charge on any atom is 0.243 e. The molecule has 3 nitrogen and oxygen atoms in total. The zero-order valence-electron chi connectivity index (χ0n) is 6.36. The van der Waals surface area contributed by atoms with Gasteiger partial charge >= 0.3 is 0 Å². The Bertz CT molecular complexity index is 207. The molecule has 0 spiro atoms. The summed E-state index contributed by atoms with van der Waals surface area (Å²) in [6.45, 7) is 2.16. The molecule has 0 saturated carbocycles. The predicted octanol–water partition coefficient (Wildman–Crippen LogP) is -0.134. The maximum absolute atomic E-state index is 8.77. The molecule has 3 heteroatoms. The van der Waals surface area contributed by atoms with Gasteiger partial charge in [0.25, 0.3) is 0 Å². The van der Waals surface area contributed by atoms with Gasteiger partial charge in [0.2, 0.25) is 6.33 Å². The van der Waals surface area contributed by atoms with Gasteiger partial charge in [-0.15, -0.1) is 0 Å². The van der Waals surface area contributed by atoms with Crippen molar-refractivity contribution in [1.29, 1.82) is 0 Å². The molecular weight excluding hydrogens is 128 g/mol. The van der Waals surface area contributed by atoms with Gasteiger partial charge in [-0.05, 0) is 6.92 Å². The first-order valence-corrected chi connectivity index (χ1v) is 3.37. The molecule has 0 aliphatic rings. The Hall–Kier alpha value is -0.830. The van der Waals surface area contributed by atoms with Crippen LogP contribution in [-0.4, -0.2) is 16.3 Å². The van der Waals surface area contributed by atoms with E-state index in [0.29, 0.717) is 0 Å². The van der Waals surface area contributed by atoms with Gasteiger partial charge in [0.1, 0.15) is 18.4 Å². The van der Waals surface area contributed by atoms with Crippen molar-refractivity contribution in [2.75, 3.05) is 6.61 Å². The van der Waals surface area contributed by atoms with Crippen molar-refractivity contribution in [2.45, 2.75) is 13.0 Å². The third kappa shape index (κ3) is 1.36. The summed E-state index contributed by atoms with van der Waals surface area (Å²) < 4.78 is 3.92. The van der Waals surface area contributed by atoms with E-state index < -0.39 is 0 Å². The van der Waals surface area contributed by atoms with Crippen LogP contribution in [0.1, 0.15) is 13.0 Å². The van der Waals surface area contributed by atoms with E-state index in [1.54, 1.807) is 0 Å². The molecule has 0 unspecified atom stereocenters. The summed E-state index contributed by atoms with van der Waals surface area (Å²) in [4.78, 5) is 0. The van der Waals surface area contributed by atoms with Crippen LogP contribution in [0.3, 0.4) is 0 Å². The summed E-state index contributed by atoms with van der Waals surface area (Å²) in [5.41, 5.74) is 0. The first kappa shape index (κ1) is 7.28. The molecule has 56 valence electrons. The molecule has 0 aliphatic carbocycles. The smallest absolute Gasteiger partial charge is 0.243 e. The van der Waals surface area contributed by atoms with Crippen molar-refractivity contribution < 1.29 is 9.67 Å². The molecule has 0 radical (unpaired) electrons. The summed E-state index contributed by atoms with van der Waals surface area (Å²) >= 11 is 0. The Kier molecular flexibility index (Phi) is 2.06. The zero-order valence-corrected chi connectivity index (χ0v) is 6.36. The van der Waals surface area contributed by atoms with Crippen molar-refractivity contribution in [3.63, 3.8) is 0 Å². The van der Waals surface area contributed by atoms with Crippen LogP contribution in [0.4, 0.5) is 0 Å². The number of rotatable bonds is 2. The van der Waals surface area contributed by atoms with Crippen LogP contribution < -0.4 is 4.57 Å². The van der Waals surface area contributed by atoms with Gasteiger partial charge in [-0.1, -0.05) is 0 Å². The van der Waals surface area contributed by atoms with Crippen LogP contribution in [0, 0.1) is 0 Å². The lowest BCUT2D eigenvalue weighted by Crippen LogP contribution is -2.24. The number of nitrogens with zero attached hydrogens (tertiary/aromatic N) is 2. The summed E-state index contributed by atoms with van der Waals surface area (Å²) in [5.74, 6) is 0. The van der Waals surface area contributed by atoms with Gasteiger partial charge in [-0.25, -0.2) is 9.13 Å². The minimum Gasteiger partial charge on any atom is -0.392 e. The SMILES string of the molecule is C[C@@H](CO)n1cc[n+](C)c1. The first-order chi connectivity index (χ1) is 4.74. The Morgan fingerprint density at radius 1 is 1.70 bits per heavy atom. The summed E-state index contributed by atoms with van der Waals surface area (Å²) in [6.07, 6.45) is 5.84. The second-order valence-electron chi connectivity index (χ2n) is 2.56. The van der Waals surface area contributed by atoms with Crippen molar-refractivity contribution >= 4 is 0 Å². The lowest BCUT2D eigenvalue weighted by Gasteiger charge is -2.00. The minimum absolute atomic E-state index is 0.182. The predicted molar refractivity (Wildman–Crippen MR) is 37.4 cm³/mol. The summed E-state index contributed by atoms with van der Waals surface area (Å²) in [7, 11) is 1.96. The summed E-state index contributed by atoms with van der Waals surface area (Å²) in [6, 6.07) is 0.182. The van der Waals surface area contributed by atoms with E-state index in [-0.39, 0.29) is 12.6 Å². The number of hydrogen-bond donors (Lipinski definition) is 1. The van der Waals surface area contributed by atoms with Crippen LogP contribution in [0.15, 0.2) is 18.7 Å². The standard InChI is InChI=1S/C7H13N2O/c1-7(5-10)9-4-3-8(2)6-9/h3-4,6-7,10H,5H2,1-2H3/q+1/t7-/m0/s1. The number of aliphatic hydroxyl groups excluding tert-OH is 1. The Morgan fingerprint density at radius 3 is 2.80 bits per heavy atom. The fraction of sp³-hybridized carbons (Fsp3) is 0.571. The molecule has 1 heterocycles. The van der Waals surface area contributed by atoms with Crippen molar-refractivity contribution in [1.82, 2.24) is 4.57 Å². The molecule has 1 aromatic rings. The molecule has 0 amide bonds. The van der Waals surface area contributed by atoms with Crippen LogP contribution in [0.25, 0.3) is 0 Å². The Morgan fingerprint density at radius 2 is 2.40 bits per heavy atom. The van der Waals surface area contributed by atoms with E-state index in [1.807, 2.05) is 41.8 Å². The minimum atomic E-state index is 0.182. The average Bonchev–Trinajstić information content (AvgIpc) is 2.34. The van der Waals surface area contributed by atoms with Crippen molar-refractivity contribution in [3.8, 4) is 0 Å². The zero-order chi connectivity index (χ0) is 7.56. The molecule has 0 fully saturated rings. The average molecular weight is 141 g/mol. The van der Waals surface area contributed by atoms with Crippen LogP contribution >= 0.6 is 0 Å². The second-order valence-corrected chi connectivity index (χ2v) is 2.56. The number of hydrogen-bond acceptors (Lipinski definition) is 1. The van der Waals surface area contributed by atoms with Crippen LogP contribution in [0.5, 0.6) is 0 Å². The third-order valence-electron chi connectivity index (χ3n) is 1.56. The fourth-order valence-electron chi connectivity index (χ4n) is 0.824. The molecule has 1 N–H and O–H groups in total. The quantitative estimate of drug-likeness (QED) is 0.571. The number of aromatic nitrogens is 2. The largest absolute Gasteiger partial charge is 0.392 e. The highest BCUT2D eigenvalue weighted by molar-refractivity contribution is 4.71. The number of aliphatic hydroxyl groups is 1. The summed E-state index contributed by atoms with van der Waals surface area (Å²) in [5, 5.41) is 8.77. The molecule has 0 bridgehead atoms. The highest BCUT2D eigenvalue weighted by Crippen LogP contribution is 1.99. The van der Waals surface area contributed by atoms with E-state index >= 15 is 0 Å². The molecule has 10 heavy (non-hydrogen) atoms. The van der Waals surface area contributed by atoms with Crippen molar-refractivity contribution in [3.05, 3.63) is 18.7 Å². The lowest BCUT2D eigenvalue weighted by molar-refractivity contribution is -0.671. The van der Waals surface area contributed by atoms with Gasteiger partial charge < -0.3 is 5.11 Å². The van der Waals surface area contributed by atoms with Gasteiger partial charge in [-0.3, -0.25) is 0 Å². The lowest BCUT2D eigenvalue weighted by atomic mass is 10.4. The van der Waals surface area contributed by atoms with E-state index in [9.17, 15) is 0 Å². The second kappa shape index (κ2) is 2.84. The topological polar surface area (TPSA) is 29.0 Å². The van der Waals surface area contributed by atoms with E-state index in [4.69, 9.17) is 5.11 Å². The highest BCUT2D eigenvalue weighted by atomic mass is 16.3. The normalized spacial score (nSPS) is 13.5. The molecule has 1 atom stereocenters.